The molecule has 0 heterocycles. The lowest BCUT2D eigenvalue weighted by molar-refractivity contribution is 0.102. The van der Waals surface area contributed by atoms with Crippen LogP contribution in [0.4, 0.5) is 0 Å². The Labute approximate surface area is 80.6 Å². The van der Waals surface area contributed by atoms with Gasteiger partial charge >= 0.3 is 0 Å². The Kier molecular flexibility index (Phi) is 3.88. The van der Waals surface area contributed by atoms with Crippen LogP contribution in [0.5, 0.6) is 0 Å². The summed E-state index contributed by atoms with van der Waals surface area (Å²) >= 11 is 0. The van der Waals surface area contributed by atoms with Gasteiger partial charge in [-0.25, -0.2) is 0 Å². The Balaban J connectivity index is 4.81. The van der Waals surface area contributed by atoms with Crippen LogP contribution in [0.15, 0.2) is 24.3 Å². The summed E-state index contributed by atoms with van der Waals surface area (Å²) in [4.78, 5) is 0. The van der Waals surface area contributed by atoms with Gasteiger partial charge in [-0.05, 0) is 39.7 Å². The minimum Gasteiger partial charge on any atom is -0.386 e. The van der Waals surface area contributed by atoms with Gasteiger partial charge in [0.05, 0.1) is 11.2 Å². The molecule has 0 rings (SSSR count). The molecule has 0 aromatic heterocycles. The van der Waals surface area contributed by atoms with Gasteiger partial charge in [0, 0.05) is 0 Å². The zero-order valence-corrected chi connectivity index (χ0v) is 8.96. The van der Waals surface area contributed by atoms with E-state index in [-0.39, 0.29) is 0 Å². The lowest BCUT2D eigenvalue weighted by Crippen LogP contribution is -2.26. The Morgan fingerprint density at radius 2 is 1.69 bits per heavy atom. The van der Waals surface area contributed by atoms with Crippen molar-refractivity contribution in [2.24, 2.45) is 0 Å². The largest absolute Gasteiger partial charge is 0.386 e. The summed E-state index contributed by atoms with van der Waals surface area (Å²) in [6.07, 6.45) is 3.98. The molecule has 0 unspecified atom stereocenters. The fourth-order valence-corrected chi connectivity index (χ4v) is 1.07. The number of hydrogen-bond donors (Lipinski definition) is 2. The first kappa shape index (κ1) is 12.4. The molecule has 0 aromatic carbocycles. The molecule has 0 spiro atoms. The van der Waals surface area contributed by atoms with Crippen molar-refractivity contribution in [3.05, 3.63) is 24.3 Å². The van der Waals surface area contributed by atoms with Crippen LogP contribution < -0.4 is 0 Å². The van der Waals surface area contributed by atoms with E-state index in [0.29, 0.717) is 6.42 Å². The van der Waals surface area contributed by atoms with Gasteiger partial charge in [0.15, 0.2) is 0 Å². The van der Waals surface area contributed by atoms with Crippen LogP contribution in [0.2, 0.25) is 0 Å². The predicted molar refractivity (Wildman–Crippen MR) is 55.5 cm³/mol. The quantitative estimate of drug-likeness (QED) is 0.656. The molecule has 2 nitrogen and oxygen atoms in total. The van der Waals surface area contributed by atoms with Gasteiger partial charge in [0.25, 0.3) is 0 Å². The Morgan fingerprint density at radius 3 is 1.92 bits per heavy atom. The minimum absolute atomic E-state index is 0.591. The van der Waals surface area contributed by atoms with E-state index in [1.165, 1.54) is 0 Å². The highest BCUT2D eigenvalue weighted by molar-refractivity contribution is 5.20. The van der Waals surface area contributed by atoms with Gasteiger partial charge in [-0.3, -0.25) is 0 Å². The molecule has 13 heavy (non-hydrogen) atoms. The normalized spacial score (nSPS) is 14.5. The van der Waals surface area contributed by atoms with Crippen molar-refractivity contribution in [3.8, 4) is 0 Å². The summed E-state index contributed by atoms with van der Waals surface area (Å²) in [7, 11) is 0. The summed E-state index contributed by atoms with van der Waals surface area (Å²) in [6.45, 7) is 10.4. The molecule has 0 aromatic rings. The van der Waals surface area contributed by atoms with Crippen molar-refractivity contribution in [1.82, 2.24) is 0 Å². The second kappa shape index (κ2) is 4.07. The summed E-state index contributed by atoms with van der Waals surface area (Å²) in [5, 5.41) is 19.3. The maximum Gasteiger partial charge on any atom is 0.0804 e. The third-order valence-corrected chi connectivity index (χ3v) is 1.68. The van der Waals surface area contributed by atoms with Gasteiger partial charge in [-0.1, -0.05) is 12.2 Å². The molecule has 2 N–H and O–H groups in total. The smallest absolute Gasteiger partial charge is 0.0804 e. The third kappa shape index (κ3) is 5.61. The van der Waals surface area contributed by atoms with Crippen LogP contribution >= 0.6 is 0 Å². The lowest BCUT2D eigenvalue weighted by Gasteiger charge is -2.24. The summed E-state index contributed by atoms with van der Waals surface area (Å²) < 4.78 is 0. The number of aliphatic hydroxyl groups is 2. The van der Waals surface area contributed by atoms with Gasteiger partial charge in [0.1, 0.15) is 0 Å². The lowest BCUT2D eigenvalue weighted by atomic mass is 9.91. The van der Waals surface area contributed by atoms with Crippen LogP contribution in [-0.4, -0.2) is 21.4 Å². The van der Waals surface area contributed by atoms with E-state index in [2.05, 4.69) is 6.58 Å². The van der Waals surface area contributed by atoms with Crippen LogP contribution in [-0.2, 0) is 0 Å². The average molecular weight is 184 g/mol. The van der Waals surface area contributed by atoms with E-state index >= 15 is 0 Å². The van der Waals surface area contributed by atoms with Gasteiger partial charge < -0.3 is 10.2 Å². The number of allylic oxidation sites excluding steroid dienone is 1. The molecule has 0 saturated carbocycles. The van der Waals surface area contributed by atoms with Gasteiger partial charge in [0.2, 0.25) is 0 Å². The molecular formula is C11H20O2. The van der Waals surface area contributed by atoms with Crippen molar-refractivity contribution in [1.29, 1.82) is 0 Å². The summed E-state index contributed by atoms with van der Waals surface area (Å²) in [6, 6.07) is 0. The minimum atomic E-state index is -0.895. The first-order valence-electron chi connectivity index (χ1n) is 4.44. The zero-order chi connectivity index (χ0) is 10.7. The zero-order valence-electron chi connectivity index (χ0n) is 8.96. The molecule has 2 heteroatoms. The molecule has 0 fully saturated rings. The molecular weight excluding hydrogens is 164 g/mol. The first-order chi connectivity index (χ1) is 5.67. The second-order valence-electron chi connectivity index (χ2n) is 4.38. The number of hydrogen-bond acceptors (Lipinski definition) is 2. The molecule has 0 amide bonds. The molecule has 0 bridgehead atoms. The average Bonchev–Trinajstić information content (AvgIpc) is 1.81. The maximum atomic E-state index is 9.74. The Bertz CT molecular complexity index is 201. The van der Waals surface area contributed by atoms with Crippen molar-refractivity contribution in [2.45, 2.75) is 45.3 Å². The van der Waals surface area contributed by atoms with E-state index in [9.17, 15) is 10.2 Å². The molecule has 0 aliphatic heterocycles. The van der Waals surface area contributed by atoms with Crippen LogP contribution in [0.3, 0.4) is 0 Å². The van der Waals surface area contributed by atoms with Crippen molar-refractivity contribution in [2.75, 3.05) is 0 Å². The highest BCUT2D eigenvalue weighted by Crippen LogP contribution is 2.22. The SMILES string of the molecule is C=CC/C(=C\C(C)(C)O)C(C)(C)O. The molecule has 0 atom stereocenters. The van der Waals surface area contributed by atoms with Crippen LogP contribution in [0.1, 0.15) is 34.1 Å². The predicted octanol–water partition coefficient (Wildman–Crippen LogP) is 2.03. The van der Waals surface area contributed by atoms with E-state index in [4.69, 9.17) is 0 Å². The molecule has 0 aliphatic carbocycles. The van der Waals surface area contributed by atoms with E-state index < -0.39 is 11.2 Å². The van der Waals surface area contributed by atoms with Crippen molar-refractivity contribution in [3.63, 3.8) is 0 Å². The third-order valence-electron chi connectivity index (χ3n) is 1.68. The highest BCUT2D eigenvalue weighted by Gasteiger charge is 2.21. The first-order valence-corrected chi connectivity index (χ1v) is 4.44. The topological polar surface area (TPSA) is 40.5 Å². The molecule has 76 valence electrons. The monoisotopic (exact) mass is 184 g/mol. The molecule has 0 aliphatic rings. The fraction of sp³-hybridized carbons (Fsp3) is 0.636. The van der Waals surface area contributed by atoms with Crippen LogP contribution in [0.25, 0.3) is 0 Å². The van der Waals surface area contributed by atoms with E-state index in [0.717, 1.165) is 5.57 Å². The Hall–Kier alpha value is -0.600. The number of rotatable bonds is 4. The standard InChI is InChI=1S/C11H20O2/c1-6-7-9(11(4,5)13)8-10(2,3)12/h6,8,12-13H,1,7H2,2-5H3/b9-8+. The van der Waals surface area contributed by atoms with Crippen molar-refractivity contribution < 1.29 is 10.2 Å². The molecule has 0 saturated heterocycles. The second-order valence-corrected chi connectivity index (χ2v) is 4.38. The van der Waals surface area contributed by atoms with E-state index in [1.54, 1.807) is 39.8 Å². The van der Waals surface area contributed by atoms with Crippen molar-refractivity contribution >= 4 is 0 Å². The van der Waals surface area contributed by atoms with Gasteiger partial charge in [-0.2, -0.15) is 0 Å². The fourth-order valence-electron chi connectivity index (χ4n) is 1.07. The summed E-state index contributed by atoms with van der Waals surface area (Å²) in [5.41, 5.74) is -0.998. The van der Waals surface area contributed by atoms with Crippen LogP contribution in [0, 0.1) is 0 Å². The van der Waals surface area contributed by atoms with E-state index in [1.807, 2.05) is 0 Å². The van der Waals surface area contributed by atoms with Gasteiger partial charge in [-0.15, -0.1) is 6.58 Å². The molecule has 0 radical (unpaired) electrons. The summed E-state index contributed by atoms with van der Waals surface area (Å²) in [5.74, 6) is 0. The maximum absolute atomic E-state index is 9.74. The highest BCUT2D eigenvalue weighted by atomic mass is 16.3. The Morgan fingerprint density at radius 1 is 1.23 bits per heavy atom.